The van der Waals surface area contributed by atoms with Gasteiger partial charge in [0.05, 0.1) is 5.56 Å². The molecule has 0 fully saturated rings. The van der Waals surface area contributed by atoms with Crippen LogP contribution in [0.25, 0.3) is 0 Å². The fourth-order valence-electron chi connectivity index (χ4n) is 2.07. The van der Waals surface area contributed by atoms with Gasteiger partial charge in [-0.05, 0) is 36.6 Å². The average Bonchev–Trinajstić information content (AvgIpc) is 2.33. The fraction of sp³-hybridized carbons (Fsp3) is 0.533. The van der Waals surface area contributed by atoms with Crippen LogP contribution in [0, 0.1) is 0 Å². The number of carboxylic acids is 1. The predicted octanol–water partition coefficient (Wildman–Crippen LogP) is 4.94. The molecule has 0 radical (unpaired) electrons. The molecule has 100 valence electrons. The van der Waals surface area contributed by atoms with Gasteiger partial charge in [0.25, 0.3) is 0 Å². The summed E-state index contributed by atoms with van der Waals surface area (Å²) in [6.45, 7) is 2.20. The highest BCUT2D eigenvalue weighted by molar-refractivity contribution is 6.30. The van der Waals surface area contributed by atoms with Gasteiger partial charge in [-0.2, -0.15) is 0 Å². The van der Waals surface area contributed by atoms with E-state index < -0.39 is 5.97 Å². The Hall–Kier alpha value is -1.02. The van der Waals surface area contributed by atoms with E-state index in [0.717, 1.165) is 24.8 Å². The molecule has 1 rings (SSSR count). The standard InChI is InChI=1S/C15H21ClO2/c1-2-3-4-5-6-7-8-12-11-13(16)9-10-14(12)15(17)18/h9-11H,2-8H2,1H3,(H,17,18). The molecule has 0 atom stereocenters. The quantitative estimate of drug-likeness (QED) is 0.678. The van der Waals surface area contributed by atoms with Crippen LogP contribution in [0.3, 0.4) is 0 Å². The number of aryl methyl sites for hydroxylation is 1. The van der Waals surface area contributed by atoms with Crippen LogP contribution in [-0.4, -0.2) is 11.1 Å². The first-order valence-electron chi connectivity index (χ1n) is 6.67. The number of rotatable bonds is 8. The maximum absolute atomic E-state index is 11.1. The van der Waals surface area contributed by atoms with Crippen molar-refractivity contribution < 1.29 is 9.90 Å². The molecule has 0 heterocycles. The zero-order chi connectivity index (χ0) is 13.4. The largest absolute Gasteiger partial charge is 0.478 e. The summed E-state index contributed by atoms with van der Waals surface area (Å²) in [4.78, 5) is 11.1. The Kier molecular flexibility index (Phi) is 6.81. The van der Waals surface area contributed by atoms with Crippen molar-refractivity contribution in [3.63, 3.8) is 0 Å². The molecule has 1 aromatic carbocycles. The number of carbonyl (C=O) groups is 1. The van der Waals surface area contributed by atoms with Gasteiger partial charge in [0.15, 0.2) is 0 Å². The van der Waals surface area contributed by atoms with Crippen LogP contribution in [0.1, 0.15) is 61.4 Å². The van der Waals surface area contributed by atoms with E-state index in [-0.39, 0.29) is 0 Å². The average molecular weight is 269 g/mol. The van der Waals surface area contributed by atoms with Gasteiger partial charge >= 0.3 is 5.97 Å². The molecule has 0 spiro atoms. The first-order chi connectivity index (χ1) is 8.65. The Morgan fingerprint density at radius 3 is 2.50 bits per heavy atom. The lowest BCUT2D eigenvalue weighted by molar-refractivity contribution is 0.0695. The van der Waals surface area contributed by atoms with Crippen molar-refractivity contribution in [3.05, 3.63) is 34.3 Å². The Morgan fingerprint density at radius 1 is 1.17 bits per heavy atom. The zero-order valence-corrected chi connectivity index (χ0v) is 11.7. The number of unbranched alkanes of at least 4 members (excludes halogenated alkanes) is 5. The van der Waals surface area contributed by atoms with Gasteiger partial charge in [-0.15, -0.1) is 0 Å². The summed E-state index contributed by atoms with van der Waals surface area (Å²) in [5.41, 5.74) is 1.23. The van der Waals surface area contributed by atoms with Crippen LogP contribution in [0.4, 0.5) is 0 Å². The Labute approximate surface area is 114 Å². The normalized spacial score (nSPS) is 10.6. The van der Waals surface area contributed by atoms with Crippen LogP contribution >= 0.6 is 11.6 Å². The number of hydrogen-bond donors (Lipinski definition) is 1. The number of carboxylic acid groups (broad SMARTS) is 1. The van der Waals surface area contributed by atoms with Crippen molar-refractivity contribution in [1.82, 2.24) is 0 Å². The van der Waals surface area contributed by atoms with Crippen LogP contribution in [-0.2, 0) is 6.42 Å². The molecule has 0 aliphatic carbocycles. The van der Waals surface area contributed by atoms with Gasteiger partial charge in [-0.25, -0.2) is 4.79 Å². The molecule has 0 aliphatic heterocycles. The molecule has 1 N–H and O–H groups in total. The summed E-state index contributed by atoms with van der Waals surface area (Å²) in [6.07, 6.45) is 8.04. The number of benzene rings is 1. The molecule has 0 saturated carbocycles. The van der Waals surface area contributed by atoms with Gasteiger partial charge in [0, 0.05) is 5.02 Å². The zero-order valence-electron chi connectivity index (χ0n) is 10.9. The van der Waals surface area contributed by atoms with Crippen molar-refractivity contribution in [1.29, 1.82) is 0 Å². The Bertz CT molecular complexity index is 388. The third-order valence-corrected chi connectivity index (χ3v) is 3.33. The molecular formula is C15H21ClO2. The van der Waals surface area contributed by atoms with Crippen LogP contribution in [0.5, 0.6) is 0 Å². The van der Waals surface area contributed by atoms with Crippen LogP contribution < -0.4 is 0 Å². The molecule has 0 unspecified atom stereocenters. The molecule has 0 aromatic heterocycles. The Morgan fingerprint density at radius 2 is 1.83 bits per heavy atom. The van der Waals surface area contributed by atoms with E-state index >= 15 is 0 Å². The molecule has 0 aliphatic rings. The SMILES string of the molecule is CCCCCCCCc1cc(Cl)ccc1C(=O)O. The lowest BCUT2D eigenvalue weighted by Crippen LogP contribution is -2.02. The lowest BCUT2D eigenvalue weighted by Gasteiger charge is -2.06. The van der Waals surface area contributed by atoms with E-state index in [9.17, 15) is 4.79 Å². The summed E-state index contributed by atoms with van der Waals surface area (Å²) in [7, 11) is 0. The molecule has 0 saturated heterocycles. The second-order valence-corrected chi connectivity index (χ2v) is 5.06. The number of hydrogen-bond acceptors (Lipinski definition) is 1. The monoisotopic (exact) mass is 268 g/mol. The Balaban J connectivity index is 2.45. The van der Waals surface area contributed by atoms with E-state index in [1.807, 2.05) is 0 Å². The third-order valence-electron chi connectivity index (χ3n) is 3.10. The van der Waals surface area contributed by atoms with Crippen LogP contribution in [0.2, 0.25) is 5.02 Å². The molecule has 2 nitrogen and oxygen atoms in total. The maximum Gasteiger partial charge on any atom is 0.335 e. The van der Waals surface area contributed by atoms with E-state index in [4.69, 9.17) is 16.7 Å². The summed E-state index contributed by atoms with van der Waals surface area (Å²) < 4.78 is 0. The van der Waals surface area contributed by atoms with Gasteiger partial charge in [-0.1, -0.05) is 50.6 Å². The van der Waals surface area contributed by atoms with Crippen molar-refractivity contribution in [2.45, 2.75) is 51.9 Å². The summed E-state index contributed by atoms with van der Waals surface area (Å²) in [6, 6.07) is 5.00. The van der Waals surface area contributed by atoms with Crippen LogP contribution in [0.15, 0.2) is 18.2 Å². The topological polar surface area (TPSA) is 37.3 Å². The highest BCUT2D eigenvalue weighted by Crippen LogP contribution is 2.19. The number of halogens is 1. The van der Waals surface area contributed by atoms with Gasteiger partial charge in [0.2, 0.25) is 0 Å². The number of aromatic carboxylic acids is 1. The lowest BCUT2D eigenvalue weighted by atomic mass is 10.0. The van der Waals surface area contributed by atoms with E-state index in [0.29, 0.717) is 10.6 Å². The van der Waals surface area contributed by atoms with Crippen molar-refractivity contribution in [2.24, 2.45) is 0 Å². The predicted molar refractivity (Wildman–Crippen MR) is 75.5 cm³/mol. The van der Waals surface area contributed by atoms with Gasteiger partial charge in [0.1, 0.15) is 0 Å². The second-order valence-electron chi connectivity index (χ2n) is 4.62. The van der Waals surface area contributed by atoms with Crippen molar-refractivity contribution in [3.8, 4) is 0 Å². The molecule has 0 bridgehead atoms. The maximum atomic E-state index is 11.1. The summed E-state index contributed by atoms with van der Waals surface area (Å²) >= 11 is 5.91. The minimum absolute atomic E-state index is 0.382. The molecule has 3 heteroatoms. The minimum atomic E-state index is -0.868. The first-order valence-corrected chi connectivity index (χ1v) is 7.04. The summed E-state index contributed by atoms with van der Waals surface area (Å²) in [5.74, 6) is -0.868. The first kappa shape index (κ1) is 15.0. The molecular weight excluding hydrogens is 248 g/mol. The minimum Gasteiger partial charge on any atom is -0.478 e. The highest BCUT2D eigenvalue weighted by Gasteiger charge is 2.09. The van der Waals surface area contributed by atoms with Crippen molar-refractivity contribution >= 4 is 17.6 Å². The highest BCUT2D eigenvalue weighted by atomic mass is 35.5. The second kappa shape index (κ2) is 8.15. The molecule has 0 amide bonds. The molecule has 1 aromatic rings. The summed E-state index contributed by atoms with van der Waals surface area (Å²) in [5, 5.41) is 9.70. The molecule has 18 heavy (non-hydrogen) atoms. The van der Waals surface area contributed by atoms with E-state index in [1.165, 1.54) is 25.7 Å². The fourth-order valence-corrected chi connectivity index (χ4v) is 2.27. The van der Waals surface area contributed by atoms with Crippen molar-refractivity contribution in [2.75, 3.05) is 0 Å². The van der Waals surface area contributed by atoms with Gasteiger partial charge < -0.3 is 5.11 Å². The van der Waals surface area contributed by atoms with E-state index in [2.05, 4.69) is 6.92 Å². The van der Waals surface area contributed by atoms with Gasteiger partial charge in [-0.3, -0.25) is 0 Å². The third kappa shape index (κ3) is 5.09. The van der Waals surface area contributed by atoms with E-state index in [1.54, 1.807) is 18.2 Å². The smallest absolute Gasteiger partial charge is 0.335 e.